The van der Waals surface area contributed by atoms with Gasteiger partial charge in [-0.3, -0.25) is 0 Å². The maximum Gasteiger partial charge on any atom is 0.0599 e. The first kappa shape index (κ1) is 15.3. The van der Waals surface area contributed by atoms with E-state index < -0.39 is 0 Å². The molecular weight excluding hydrogens is 234 g/mol. The quantitative estimate of drug-likeness (QED) is 0.748. The normalized spacial score (nSPS) is 30.9. The van der Waals surface area contributed by atoms with Gasteiger partial charge in [0.2, 0.25) is 0 Å². The highest BCUT2D eigenvalue weighted by atomic mass is 16.5. The van der Waals surface area contributed by atoms with Crippen LogP contribution < -0.4 is 0 Å². The SMILES string of the molecule is CC(C)C1CCC(CCOC2CCN(C)CC2)CC1. The third kappa shape index (κ3) is 5.07. The topological polar surface area (TPSA) is 12.5 Å². The van der Waals surface area contributed by atoms with Crippen LogP contribution in [0.15, 0.2) is 0 Å². The summed E-state index contributed by atoms with van der Waals surface area (Å²) in [5, 5.41) is 0. The maximum absolute atomic E-state index is 6.08. The summed E-state index contributed by atoms with van der Waals surface area (Å²) in [4.78, 5) is 2.41. The van der Waals surface area contributed by atoms with Gasteiger partial charge in [0.05, 0.1) is 6.10 Å². The minimum Gasteiger partial charge on any atom is -0.378 e. The van der Waals surface area contributed by atoms with Crippen LogP contribution in [0.25, 0.3) is 0 Å². The van der Waals surface area contributed by atoms with Crippen LogP contribution >= 0.6 is 0 Å². The zero-order chi connectivity index (χ0) is 13.7. The standard InChI is InChI=1S/C17H33NO/c1-14(2)16-6-4-15(5-7-16)10-13-19-17-8-11-18(3)12-9-17/h14-17H,4-13H2,1-3H3. The van der Waals surface area contributed by atoms with E-state index in [0.717, 1.165) is 24.4 Å². The molecule has 2 aliphatic rings. The van der Waals surface area contributed by atoms with Gasteiger partial charge in [-0.1, -0.05) is 26.7 Å². The number of ether oxygens (including phenoxy) is 1. The number of likely N-dealkylation sites (tertiary alicyclic amines) is 1. The first-order valence-electron chi connectivity index (χ1n) is 8.45. The summed E-state index contributed by atoms with van der Waals surface area (Å²) in [6, 6.07) is 0. The summed E-state index contributed by atoms with van der Waals surface area (Å²) in [7, 11) is 2.21. The predicted molar refractivity (Wildman–Crippen MR) is 81.4 cm³/mol. The Kier molecular flexibility index (Phi) is 6.15. The van der Waals surface area contributed by atoms with Crippen LogP contribution in [-0.4, -0.2) is 37.7 Å². The van der Waals surface area contributed by atoms with Crippen LogP contribution in [0.1, 0.15) is 58.8 Å². The molecule has 0 N–H and O–H groups in total. The van der Waals surface area contributed by atoms with Crippen LogP contribution in [0, 0.1) is 17.8 Å². The molecule has 1 aliphatic carbocycles. The van der Waals surface area contributed by atoms with Gasteiger partial charge in [-0.25, -0.2) is 0 Å². The van der Waals surface area contributed by atoms with E-state index in [1.54, 1.807) is 0 Å². The molecule has 0 unspecified atom stereocenters. The van der Waals surface area contributed by atoms with E-state index in [4.69, 9.17) is 4.74 Å². The van der Waals surface area contributed by atoms with Crippen LogP contribution in [0.3, 0.4) is 0 Å². The Morgan fingerprint density at radius 1 is 1.00 bits per heavy atom. The lowest BCUT2D eigenvalue weighted by Gasteiger charge is -2.32. The Hall–Kier alpha value is -0.0800. The fourth-order valence-corrected chi connectivity index (χ4v) is 3.70. The average Bonchev–Trinajstić information content (AvgIpc) is 2.41. The summed E-state index contributed by atoms with van der Waals surface area (Å²) in [6.45, 7) is 8.20. The Morgan fingerprint density at radius 3 is 2.21 bits per heavy atom. The molecule has 1 saturated heterocycles. The monoisotopic (exact) mass is 267 g/mol. The summed E-state index contributed by atoms with van der Waals surface area (Å²) in [5.41, 5.74) is 0. The number of hydrogen-bond acceptors (Lipinski definition) is 2. The van der Waals surface area contributed by atoms with E-state index in [1.807, 2.05) is 0 Å². The van der Waals surface area contributed by atoms with Crippen LogP contribution in [0.2, 0.25) is 0 Å². The van der Waals surface area contributed by atoms with Crippen molar-refractivity contribution in [3.05, 3.63) is 0 Å². The molecule has 19 heavy (non-hydrogen) atoms. The average molecular weight is 267 g/mol. The van der Waals surface area contributed by atoms with Crippen molar-refractivity contribution in [1.82, 2.24) is 4.90 Å². The number of hydrogen-bond donors (Lipinski definition) is 0. The molecule has 2 heteroatoms. The molecule has 1 aliphatic heterocycles. The van der Waals surface area contributed by atoms with Crippen molar-refractivity contribution in [2.75, 3.05) is 26.7 Å². The van der Waals surface area contributed by atoms with Gasteiger partial charge in [-0.15, -0.1) is 0 Å². The molecule has 0 amide bonds. The molecule has 2 nitrogen and oxygen atoms in total. The van der Waals surface area contributed by atoms with Gasteiger partial charge in [0.25, 0.3) is 0 Å². The lowest BCUT2D eigenvalue weighted by atomic mass is 9.76. The van der Waals surface area contributed by atoms with E-state index in [2.05, 4.69) is 25.8 Å². The van der Waals surface area contributed by atoms with Crippen LogP contribution in [0.4, 0.5) is 0 Å². The van der Waals surface area contributed by atoms with Crippen molar-refractivity contribution in [2.45, 2.75) is 64.9 Å². The highest BCUT2D eigenvalue weighted by Gasteiger charge is 2.23. The first-order valence-corrected chi connectivity index (χ1v) is 8.45. The highest BCUT2D eigenvalue weighted by molar-refractivity contribution is 4.75. The van der Waals surface area contributed by atoms with Crippen molar-refractivity contribution < 1.29 is 4.74 Å². The van der Waals surface area contributed by atoms with Gasteiger partial charge in [0.1, 0.15) is 0 Å². The second-order valence-corrected chi connectivity index (χ2v) is 7.19. The third-order valence-electron chi connectivity index (χ3n) is 5.38. The highest BCUT2D eigenvalue weighted by Crippen LogP contribution is 2.34. The van der Waals surface area contributed by atoms with Gasteiger partial charge in [0, 0.05) is 19.7 Å². The van der Waals surface area contributed by atoms with Gasteiger partial charge in [-0.2, -0.15) is 0 Å². The smallest absolute Gasteiger partial charge is 0.0599 e. The molecule has 0 aromatic heterocycles. The van der Waals surface area contributed by atoms with Crippen LogP contribution in [-0.2, 0) is 4.74 Å². The molecule has 0 bridgehead atoms. The summed E-state index contributed by atoms with van der Waals surface area (Å²) in [5.74, 6) is 2.82. The zero-order valence-corrected chi connectivity index (χ0v) is 13.2. The van der Waals surface area contributed by atoms with Crippen molar-refractivity contribution in [2.24, 2.45) is 17.8 Å². The zero-order valence-electron chi connectivity index (χ0n) is 13.2. The minimum absolute atomic E-state index is 0.545. The number of piperidine rings is 1. The van der Waals surface area contributed by atoms with Gasteiger partial charge in [0.15, 0.2) is 0 Å². The molecule has 112 valence electrons. The summed E-state index contributed by atoms with van der Waals surface area (Å²) < 4.78 is 6.08. The van der Waals surface area contributed by atoms with Crippen molar-refractivity contribution >= 4 is 0 Å². The minimum atomic E-state index is 0.545. The Morgan fingerprint density at radius 2 is 1.63 bits per heavy atom. The first-order chi connectivity index (χ1) is 9.15. The van der Waals surface area contributed by atoms with Gasteiger partial charge in [-0.05, 0) is 56.9 Å². The predicted octanol–water partition coefficient (Wildman–Crippen LogP) is 3.95. The molecular formula is C17H33NO. The fourth-order valence-electron chi connectivity index (χ4n) is 3.70. The van der Waals surface area contributed by atoms with E-state index in [0.29, 0.717) is 6.10 Å². The lowest BCUT2D eigenvalue weighted by molar-refractivity contribution is 0.00365. The molecule has 0 spiro atoms. The van der Waals surface area contributed by atoms with E-state index in [1.165, 1.54) is 58.0 Å². The van der Waals surface area contributed by atoms with E-state index in [9.17, 15) is 0 Å². The summed E-state index contributed by atoms with van der Waals surface area (Å²) >= 11 is 0. The van der Waals surface area contributed by atoms with Crippen molar-refractivity contribution in [3.8, 4) is 0 Å². The molecule has 0 aromatic carbocycles. The third-order valence-corrected chi connectivity index (χ3v) is 5.38. The second kappa shape index (κ2) is 7.64. The van der Waals surface area contributed by atoms with E-state index in [-0.39, 0.29) is 0 Å². The molecule has 1 saturated carbocycles. The van der Waals surface area contributed by atoms with Crippen molar-refractivity contribution in [3.63, 3.8) is 0 Å². The Bertz CT molecular complexity index is 238. The van der Waals surface area contributed by atoms with Gasteiger partial charge < -0.3 is 9.64 Å². The number of nitrogens with zero attached hydrogens (tertiary/aromatic N) is 1. The van der Waals surface area contributed by atoms with Gasteiger partial charge >= 0.3 is 0 Å². The molecule has 2 fully saturated rings. The lowest BCUT2D eigenvalue weighted by Crippen LogP contribution is -2.34. The summed E-state index contributed by atoms with van der Waals surface area (Å²) in [6.07, 6.45) is 10.1. The molecule has 0 atom stereocenters. The molecule has 1 heterocycles. The number of rotatable bonds is 5. The second-order valence-electron chi connectivity index (χ2n) is 7.19. The molecule has 0 radical (unpaired) electrons. The van der Waals surface area contributed by atoms with Crippen LogP contribution in [0.5, 0.6) is 0 Å². The largest absolute Gasteiger partial charge is 0.378 e. The maximum atomic E-state index is 6.08. The fraction of sp³-hybridized carbons (Fsp3) is 1.00. The molecule has 0 aromatic rings. The van der Waals surface area contributed by atoms with Crippen molar-refractivity contribution in [1.29, 1.82) is 0 Å². The Balaban J connectivity index is 1.54. The Labute approximate surface area is 119 Å². The van der Waals surface area contributed by atoms with E-state index >= 15 is 0 Å². The molecule has 2 rings (SSSR count).